The van der Waals surface area contributed by atoms with Gasteiger partial charge < -0.3 is 15.4 Å². The summed E-state index contributed by atoms with van der Waals surface area (Å²) in [6.45, 7) is 0.961. The fourth-order valence-corrected chi connectivity index (χ4v) is 4.87. The Morgan fingerprint density at radius 1 is 0.872 bits per heavy atom. The summed E-state index contributed by atoms with van der Waals surface area (Å²) < 4.78 is 41.8. The number of para-hydroxylation sites is 2. The van der Waals surface area contributed by atoms with E-state index in [1.807, 2.05) is 48.5 Å². The number of alkyl halides is 3. The summed E-state index contributed by atoms with van der Waals surface area (Å²) in [5.41, 5.74) is 1.99. The normalized spacial score (nSPS) is 13.8. The number of rotatable bonds is 8. The van der Waals surface area contributed by atoms with Crippen LogP contribution in [-0.4, -0.2) is 29.9 Å². The van der Waals surface area contributed by atoms with Crippen molar-refractivity contribution in [1.82, 2.24) is 14.7 Å². The van der Waals surface area contributed by atoms with Crippen LogP contribution < -0.4 is 20.1 Å². The van der Waals surface area contributed by atoms with Crippen molar-refractivity contribution in [3.8, 4) is 5.75 Å². The SMILES string of the molecule is CNSc1ccc(OC(F)(F)F)cc1.c1ccc(Nc2nc(NCC3CCCCC3)nc3ccccc23)cc1. The summed E-state index contributed by atoms with van der Waals surface area (Å²) in [4.78, 5) is 10.3. The fourth-order valence-electron chi connectivity index (χ4n) is 4.36. The summed E-state index contributed by atoms with van der Waals surface area (Å²) in [7, 11) is 1.73. The van der Waals surface area contributed by atoms with Gasteiger partial charge in [0.2, 0.25) is 5.95 Å². The lowest BCUT2D eigenvalue weighted by Gasteiger charge is -2.22. The Morgan fingerprint density at radius 3 is 2.26 bits per heavy atom. The van der Waals surface area contributed by atoms with Crippen molar-refractivity contribution in [3.05, 3.63) is 78.9 Å². The summed E-state index contributed by atoms with van der Waals surface area (Å²) in [6, 6.07) is 23.9. The molecule has 10 heteroatoms. The van der Waals surface area contributed by atoms with Crippen LogP contribution in [0.5, 0.6) is 5.75 Å². The summed E-state index contributed by atoms with van der Waals surface area (Å²) >= 11 is 1.32. The molecule has 206 valence electrons. The molecule has 39 heavy (non-hydrogen) atoms. The minimum absolute atomic E-state index is 0.210. The number of fused-ring (bicyclic) bond motifs is 1. The van der Waals surface area contributed by atoms with Gasteiger partial charge in [-0.3, -0.25) is 4.72 Å². The zero-order chi connectivity index (χ0) is 27.5. The maximum Gasteiger partial charge on any atom is 0.573 e. The Labute approximate surface area is 230 Å². The molecule has 4 aromatic rings. The number of ether oxygens (including phenoxy) is 1. The highest BCUT2D eigenvalue weighted by atomic mass is 32.2. The standard InChI is InChI=1S/C21H24N4.C8H8F3NOS/c1-3-9-16(10-4-1)15-22-21-24-19-14-8-7-13-18(19)20(25-21)23-17-11-5-2-6-12-17;1-12-14-7-4-2-6(3-5-7)13-8(9,10)11/h2,5-8,11-14,16H,1,3-4,9-10,15H2,(H2,22,23,24,25);2-5,12H,1H3. The van der Waals surface area contributed by atoms with Crippen molar-refractivity contribution in [2.75, 3.05) is 24.2 Å². The van der Waals surface area contributed by atoms with Gasteiger partial charge in [-0.25, -0.2) is 4.98 Å². The van der Waals surface area contributed by atoms with Crippen LogP contribution >= 0.6 is 11.9 Å². The van der Waals surface area contributed by atoms with Crippen molar-refractivity contribution >= 4 is 40.3 Å². The van der Waals surface area contributed by atoms with Gasteiger partial charge in [-0.15, -0.1) is 13.2 Å². The third-order valence-corrected chi connectivity index (χ3v) is 6.90. The zero-order valence-electron chi connectivity index (χ0n) is 21.7. The van der Waals surface area contributed by atoms with E-state index in [0.717, 1.165) is 39.8 Å². The highest BCUT2D eigenvalue weighted by Crippen LogP contribution is 2.27. The number of aromatic nitrogens is 2. The number of hydrogen-bond acceptors (Lipinski definition) is 7. The Bertz CT molecular complexity index is 1300. The van der Waals surface area contributed by atoms with E-state index in [2.05, 4.69) is 26.2 Å². The molecule has 0 spiro atoms. The molecule has 0 aliphatic heterocycles. The molecule has 1 saturated carbocycles. The number of halogens is 3. The van der Waals surface area contributed by atoms with Gasteiger partial charge in [0.25, 0.3) is 0 Å². The highest BCUT2D eigenvalue weighted by Gasteiger charge is 2.30. The first-order chi connectivity index (χ1) is 18.9. The maximum atomic E-state index is 11.8. The van der Waals surface area contributed by atoms with Crippen molar-refractivity contribution in [3.63, 3.8) is 0 Å². The van der Waals surface area contributed by atoms with Crippen LogP contribution in [0.25, 0.3) is 10.9 Å². The zero-order valence-corrected chi connectivity index (χ0v) is 22.5. The summed E-state index contributed by atoms with van der Waals surface area (Å²) in [6.07, 6.45) is 2.09. The van der Waals surface area contributed by atoms with Crippen molar-refractivity contribution in [2.24, 2.45) is 5.92 Å². The topological polar surface area (TPSA) is 71.1 Å². The van der Waals surface area contributed by atoms with Gasteiger partial charge in [0.1, 0.15) is 11.6 Å². The number of nitrogens with one attached hydrogen (secondary N) is 3. The van der Waals surface area contributed by atoms with Crippen LogP contribution in [0.3, 0.4) is 0 Å². The van der Waals surface area contributed by atoms with Gasteiger partial charge in [-0.1, -0.05) is 49.6 Å². The van der Waals surface area contributed by atoms with Crippen LogP contribution in [0.4, 0.5) is 30.6 Å². The molecule has 3 aromatic carbocycles. The average Bonchev–Trinajstić information content (AvgIpc) is 2.94. The summed E-state index contributed by atoms with van der Waals surface area (Å²) in [5, 5.41) is 7.94. The minimum atomic E-state index is -4.63. The molecule has 6 nitrogen and oxygen atoms in total. The lowest BCUT2D eigenvalue weighted by atomic mass is 9.89. The number of nitrogens with zero attached hydrogens (tertiary/aromatic N) is 2. The molecular weight excluding hydrogens is 523 g/mol. The van der Waals surface area contributed by atoms with E-state index in [1.54, 1.807) is 19.2 Å². The smallest absolute Gasteiger partial charge is 0.406 e. The average molecular weight is 556 g/mol. The molecule has 1 aliphatic rings. The molecule has 0 radical (unpaired) electrons. The van der Waals surface area contributed by atoms with E-state index in [-0.39, 0.29) is 5.75 Å². The summed E-state index contributed by atoms with van der Waals surface area (Å²) in [5.74, 6) is 2.10. The molecular formula is C29H32F3N5OS. The minimum Gasteiger partial charge on any atom is -0.406 e. The molecule has 1 heterocycles. The molecule has 5 rings (SSSR count). The molecule has 0 unspecified atom stereocenters. The van der Waals surface area contributed by atoms with Crippen LogP contribution in [-0.2, 0) is 0 Å². The molecule has 1 aliphatic carbocycles. The van der Waals surface area contributed by atoms with Gasteiger partial charge >= 0.3 is 6.36 Å². The van der Waals surface area contributed by atoms with E-state index in [4.69, 9.17) is 9.97 Å². The molecule has 0 amide bonds. The number of hydrogen-bond donors (Lipinski definition) is 3. The largest absolute Gasteiger partial charge is 0.573 e. The first kappa shape index (κ1) is 28.5. The Morgan fingerprint density at radius 2 is 1.56 bits per heavy atom. The highest BCUT2D eigenvalue weighted by molar-refractivity contribution is 7.97. The van der Waals surface area contributed by atoms with Crippen molar-refractivity contribution in [2.45, 2.75) is 43.4 Å². The third kappa shape index (κ3) is 9.33. The molecule has 1 aromatic heterocycles. The first-order valence-electron chi connectivity index (χ1n) is 12.9. The Balaban J connectivity index is 0.000000215. The quantitative estimate of drug-likeness (QED) is 0.189. The Kier molecular flexibility index (Phi) is 10.3. The van der Waals surface area contributed by atoms with Gasteiger partial charge in [0.15, 0.2) is 0 Å². The molecule has 0 atom stereocenters. The van der Waals surface area contributed by atoms with Crippen LogP contribution in [0.1, 0.15) is 32.1 Å². The second kappa shape index (κ2) is 14.0. The van der Waals surface area contributed by atoms with E-state index >= 15 is 0 Å². The number of anilines is 3. The van der Waals surface area contributed by atoms with Crippen molar-refractivity contribution in [1.29, 1.82) is 0 Å². The van der Waals surface area contributed by atoms with E-state index in [0.29, 0.717) is 5.95 Å². The van der Waals surface area contributed by atoms with Gasteiger partial charge in [0, 0.05) is 22.5 Å². The monoisotopic (exact) mass is 555 g/mol. The maximum absolute atomic E-state index is 11.8. The van der Waals surface area contributed by atoms with E-state index in [1.165, 1.54) is 56.2 Å². The molecule has 1 fully saturated rings. The number of benzene rings is 3. The van der Waals surface area contributed by atoms with E-state index in [9.17, 15) is 13.2 Å². The molecule has 0 saturated heterocycles. The third-order valence-electron chi connectivity index (χ3n) is 6.19. The molecule has 3 N–H and O–H groups in total. The van der Waals surface area contributed by atoms with Gasteiger partial charge in [0.05, 0.1) is 5.52 Å². The lowest BCUT2D eigenvalue weighted by Crippen LogP contribution is -2.18. The predicted octanol–water partition coefficient (Wildman–Crippen LogP) is 8.18. The second-order valence-corrected chi connectivity index (χ2v) is 10.2. The predicted molar refractivity (Wildman–Crippen MR) is 152 cm³/mol. The van der Waals surface area contributed by atoms with E-state index < -0.39 is 6.36 Å². The van der Waals surface area contributed by atoms with Crippen molar-refractivity contribution < 1.29 is 17.9 Å². The van der Waals surface area contributed by atoms with Crippen LogP contribution in [0.15, 0.2) is 83.8 Å². The lowest BCUT2D eigenvalue weighted by molar-refractivity contribution is -0.274. The first-order valence-corrected chi connectivity index (χ1v) is 13.7. The second-order valence-electron chi connectivity index (χ2n) is 9.11. The van der Waals surface area contributed by atoms with Gasteiger partial charge in [-0.2, -0.15) is 4.98 Å². The van der Waals surface area contributed by atoms with Crippen LogP contribution in [0.2, 0.25) is 0 Å². The van der Waals surface area contributed by atoms with Gasteiger partial charge in [-0.05, 0) is 86.3 Å². The van der Waals surface area contributed by atoms with Crippen LogP contribution in [0, 0.1) is 5.92 Å². The Hall–Kier alpha value is -3.50. The molecule has 0 bridgehead atoms. The fraction of sp³-hybridized carbons (Fsp3) is 0.310.